The number of alkyl carbamates (subject to hydrolysis) is 1. The van der Waals surface area contributed by atoms with Crippen LogP contribution in [-0.2, 0) is 19.6 Å². The second kappa shape index (κ2) is 10.1. The largest absolute Gasteiger partial charge is 0.450 e. The smallest absolute Gasteiger partial charge is 0.407 e. The fourth-order valence-electron chi connectivity index (χ4n) is 3.74. The summed E-state index contributed by atoms with van der Waals surface area (Å²) >= 11 is 0. The highest BCUT2D eigenvalue weighted by Crippen LogP contribution is 2.28. The predicted octanol–water partition coefficient (Wildman–Crippen LogP) is 1.87. The highest BCUT2D eigenvalue weighted by molar-refractivity contribution is 7.89. The van der Waals surface area contributed by atoms with E-state index in [-0.39, 0.29) is 18.4 Å². The monoisotopic (exact) mass is 425 g/mol. The van der Waals surface area contributed by atoms with Crippen LogP contribution in [0.25, 0.3) is 0 Å². The highest BCUT2D eigenvalue weighted by atomic mass is 32.2. The first-order chi connectivity index (χ1) is 13.7. The van der Waals surface area contributed by atoms with Crippen LogP contribution in [-0.4, -0.2) is 57.5 Å². The Morgan fingerprint density at radius 3 is 2.17 bits per heavy atom. The SMILES string of the molecule is CCOC(=O)NCCNC(=O)C1CCN(S(=O)(=O)c2c(C)cc(C)cc2C)CC1. The maximum Gasteiger partial charge on any atom is 0.407 e. The molecule has 0 atom stereocenters. The van der Waals surface area contributed by atoms with Gasteiger partial charge in [0.25, 0.3) is 0 Å². The molecule has 9 heteroatoms. The van der Waals surface area contributed by atoms with Crippen molar-refractivity contribution in [2.45, 2.75) is 45.4 Å². The predicted molar refractivity (Wildman–Crippen MR) is 110 cm³/mol. The number of nitrogens with zero attached hydrogens (tertiary/aromatic N) is 1. The normalized spacial score (nSPS) is 15.7. The molecule has 162 valence electrons. The molecule has 0 aromatic heterocycles. The van der Waals surface area contributed by atoms with Crippen molar-refractivity contribution in [2.24, 2.45) is 5.92 Å². The number of carbonyl (C=O) groups excluding carboxylic acids is 2. The lowest BCUT2D eigenvalue weighted by molar-refractivity contribution is -0.126. The minimum absolute atomic E-state index is 0.115. The summed E-state index contributed by atoms with van der Waals surface area (Å²) in [6.45, 7) is 8.80. The van der Waals surface area contributed by atoms with E-state index < -0.39 is 16.1 Å². The molecule has 1 heterocycles. The van der Waals surface area contributed by atoms with Crippen molar-refractivity contribution in [2.75, 3.05) is 32.8 Å². The number of nitrogens with one attached hydrogen (secondary N) is 2. The standard InChI is InChI=1S/C20H31N3O5S/c1-5-28-20(25)22-9-8-21-19(24)17-6-10-23(11-7-17)29(26,27)18-15(3)12-14(2)13-16(18)4/h12-13,17H,5-11H2,1-4H3,(H,21,24)(H,22,25). The number of ether oxygens (including phenoxy) is 1. The Bertz CT molecular complexity index is 823. The van der Waals surface area contributed by atoms with Gasteiger partial charge in [-0.2, -0.15) is 4.31 Å². The molecule has 1 aromatic rings. The quantitative estimate of drug-likeness (QED) is 0.649. The Morgan fingerprint density at radius 2 is 1.62 bits per heavy atom. The zero-order valence-electron chi connectivity index (χ0n) is 17.6. The molecule has 0 unspecified atom stereocenters. The van der Waals surface area contributed by atoms with Crippen molar-refractivity contribution in [3.63, 3.8) is 0 Å². The third-order valence-corrected chi connectivity index (χ3v) is 7.20. The average molecular weight is 426 g/mol. The summed E-state index contributed by atoms with van der Waals surface area (Å²) in [5.41, 5.74) is 2.53. The van der Waals surface area contributed by atoms with Gasteiger partial charge in [0.15, 0.2) is 0 Å². The molecule has 0 saturated carbocycles. The molecule has 2 N–H and O–H groups in total. The zero-order valence-corrected chi connectivity index (χ0v) is 18.4. The van der Waals surface area contributed by atoms with Crippen LogP contribution in [0.1, 0.15) is 36.5 Å². The molecule has 0 spiro atoms. The van der Waals surface area contributed by atoms with Crippen molar-refractivity contribution < 1.29 is 22.7 Å². The van der Waals surface area contributed by atoms with Crippen molar-refractivity contribution in [1.82, 2.24) is 14.9 Å². The molecule has 8 nitrogen and oxygen atoms in total. The molecule has 2 rings (SSSR count). The molecule has 1 aliphatic heterocycles. The molecule has 1 saturated heterocycles. The van der Waals surface area contributed by atoms with Crippen LogP contribution in [0.3, 0.4) is 0 Å². The van der Waals surface area contributed by atoms with Gasteiger partial charge in [-0.25, -0.2) is 13.2 Å². The minimum Gasteiger partial charge on any atom is -0.450 e. The van der Waals surface area contributed by atoms with Crippen LogP contribution < -0.4 is 10.6 Å². The number of aryl methyl sites for hydroxylation is 3. The minimum atomic E-state index is -3.58. The first-order valence-electron chi connectivity index (χ1n) is 9.93. The number of amides is 2. The van der Waals surface area contributed by atoms with E-state index in [0.29, 0.717) is 44.0 Å². The summed E-state index contributed by atoms with van der Waals surface area (Å²) in [6, 6.07) is 3.76. The van der Waals surface area contributed by atoms with E-state index in [1.165, 1.54) is 4.31 Å². The Balaban J connectivity index is 1.88. The summed E-state index contributed by atoms with van der Waals surface area (Å²) in [5.74, 6) is -0.348. The van der Waals surface area contributed by atoms with Gasteiger partial charge in [-0.3, -0.25) is 4.79 Å². The van der Waals surface area contributed by atoms with E-state index in [1.807, 2.05) is 32.9 Å². The summed E-state index contributed by atoms with van der Waals surface area (Å²) < 4.78 is 32.5. The van der Waals surface area contributed by atoms with E-state index in [2.05, 4.69) is 10.6 Å². The summed E-state index contributed by atoms with van der Waals surface area (Å²) in [6.07, 6.45) is 0.433. The van der Waals surface area contributed by atoms with Gasteiger partial charge in [-0.05, 0) is 51.7 Å². The molecule has 29 heavy (non-hydrogen) atoms. The zero-order chi connectivity index (χ0) is 21.6. The average Bonchev–Trinajstić information content (AvgIpc) is 2.64. The fourth-order valence-corrected chi connectivity index (χ4v) is 5.62. The molecular formula is C20H31N3O5S. The van der Waals surface area contributed by atoms with Gasteiger partial charge in [0.05, 0.1) is 11.5 Å². The number of sulfonamides is 1. The Morgan fingerprint density at radius 1 is 1.07 bits per heavy atom. The van der Waals surface area contributed by atoms with Crippen LogP contribution in [0, 0.1) is 26.7 Å². The lowest BCUT2D eigenvalue weighted by Crippen LogP contribution is -2.44. The topological polar surface area (TPSA) is 105 Å². The van der Waals surface area contributed by atoms with E-state index in [0.717, 1.165) is 16.7 Å². The third kappa shape index (κ3) is 5.93. The Kier molecular flexibility index (Phi) is 8.04. The lowest BCUT2D eigenvalue weighted by atomic mass is 9.97. The number of hydrogen-bond donors (Lipinski definition) is 2. The van der Waals surface area contributed by atoms with Gasteiger partial charge in [-0.1, -0.05) is 17.7 Å². The van der Waals surface area contributed by atoms with E-state index in [9.17, 15) is 18.0 Å². The van der Waals surface area contributed by atoms with Crippen LogP contribution in [0.4, 0.5) is 4.79 Å². The van der Waals surface area contributed by atoms with Crippen molar-refractivity contribution in [3.8, 4) is 0 Å². The number of rotatable bonds is 7. The lowest BCUT2D eigenvalue weighted by Gasteiger charge is -2.31. The van der Waals surface area contributed by atoms with Gasteiger partial charge < -0.3 is 15.4 Å². The van der Waals surface area contributed by atoms with Crippen LogP contribution in [0.2, 0.25) is 0 Å². The summed E-state index contributed by atoms with van der Waals surface area (Å²) in [4.78, 5) is 23.9. The van der Waals surface area contributed by atoms with E-state index in [1.54, 1.807) is 6.92 Å². The second-order valence-electron chi connectivity index (χ2n) is 7.34. The van der Waals surface area contributed by atoms with Crippen molar-refractivity contribution in [1.29, 1.82) is 0 Å². The molecule has 2 amide bonds. The first kappa shape index (κ1) is 23.2. The fraction of sp³-hybridized carbons (Fsp3) is 0.600. The third-order valence-electron chi connectivity index (χ3n) is 5.00. The number of benzene rings is 1. The van der Waals surface area contributed by atoms with Gasteiger partial charge in [0, 0.05) is 32.1 Å². The van der Waals surface area contributed by atoms with E-state index >= 15 is 0 Å². The molecule has 0 bridgehead atoms. The number of carbonyl (C=O) groups is 2. The number of piperidine rings is 1. The maximum atomic E-state index is 13.1. The molecular weight excluding hydrogens is 394 g/mol. The molecule has 1 aromatic carbocycles. The number of hydrogen-bond acceptors (Lipinski definition) is 5. The molecule has 1 aliphatic rings. The Hall–Kier alpha value is -2.13. The highest BCUT2D eigenvalue weighted by Gasteiger charge is 2.33. The first-order valence-corrected chi connectivity index (χ1v) is 11.4. The van der Waals surface area contributed by atoms with Gasteiger partial charge in [0.2, 0.25) is 15.9 Å². The molecule has 0 radical (unpaired) electrons. The summed E-state index contributed by atoms with van der Waals surface area (Å²) in [7, 11) is -3.58. The molecule has 1 fully saturated rings. The second-order valence-corrected chi connectivity index (χ2v) is 9.22. The van der Waals surface area contributed by atoms with Crippen molar-refractivity contribution >= 4 is 22.0 Å². The molecule has 0 aliphatic carbocycles. The van der Waals surface area contributed by atoms with Crippen LogP contribution in [0.5, 0.6) is 0 Å². The van der Waals surface area contributed by atoms with E-state index in [4.69, 9.17) is 4.74 Å². The van der Waals surface area contributed by atoms with Gasteiger partial charge >= 0.3 is 6.09 Å². The van der Waals surface area contributed by atoms with Gasteiger partial charge in [-0.15, -0.1) is 0 Å². The van der Waals surface area contributed by atoms with Crippen molar-refractivity contribution in [3.05, 3.63) is 28.8 Å². The summed E-state index contributed by atoms with van der Waals surface area (Å²) in [5, 5.41) is 5.32. The van der Waals surface area contributed by atoms with Gasteiger partial charge in [0.1, 0.15) is 0 Å². The maximum absolute atomic E-state index is 13.1. The van der Waals surface area contributed by atoms with Crippen LogP contribution in [0.15, 0.2) is 17.0 Å². The van der Waals surface area contributed by atoms with Crippen LogP contribution >= 0.6 is 0 Å². The Labute approximate surface area is 173 Å².